The fourth-order valence-corrected chi connectivity index (χ4v) is 3.97. The minimum Gasteiger partial charge on any atom is -0.452 e. The van der Waals surface area contributed by atoms with Crippen molar-refractivity contribution in [1.82, 2.24) is 9.78 Å². The Kier molecular flexibility index (Phi) is 3.92. The Morgan fingerprint density at radius 1 is 1.11 bits per heavy atom. The van der Waals surface area contributed by atoms with E-state index in [1.807, 2.05) is 40.9 Å². The number of rotatable bonds is 3. The van der Waals surface area contributed by atoms with Gasteiger partial charge in [0.05, 0.1) is 36.8 Å². The van der Waals surface area contributed by atoms with E-state index in [0.29, 0.717) is 12.6 Å². The number of amides is 2. The third-order valence-corrected chi connectivity index (χ3v) is 5.83. The molecule has 0 N–H and O–H groups in total. The molecule has 7 nitrogen and oxygen atoms in total. The third kappa shape index (κ3) is 2.85. The van der Waals surface area contributed by atoms with Crippen molar-refractivity contribution in [3.05, 3.63) is 30.6 Å². The summed E-state index contributed by atoms with van der Waals surface area (Å²) in [4.78, 5) is 28.8. The van der Waals surface area contributed by atoms with E-state index in [-0.39, 0.29) is 17.9 Å². The van der Waals surface area contributed by atoms with Crippen molar-refractivity contribution in [2.45, 2.75) is 44.7 Å². The summed E-state index contributed by atoms with van der Waals surface area (Å²) in [6.45, 7) is 2.42. The van der Waals surface area contributed by atoms with Crippen molar-refractivity contribution in [2.24, 2.45) is 5.92 Å². The normalized spacial score (nSPS) is 21.4. The summed E-state index contributed by atoms with van der Waals surface area (Å²) >= 11 is 0. The molecule has 2 aromatic rings. The minimum atomic E-state index is -0.401. The maximum absolute atomic E-state index is 12.9. The van der Waals surface area contributed by atoms with Gasteiger partial charge in [-0.1, -0.05) is 6.07 Å². The number of hydrogen-bond donors (Lipinski definition) is 0. The molecule has 2 amide bonds. The molecule has 1 atom stereocenters. The number of nitrogens with zero attached hydrogens (tertiary/aromatic N) is 4. The number of ether oxygens (including phenoxy) is 1. The Bertz CT molecular complexity index is 945. The molecule has 2 heterocycles. The molecule has 7 heteroatoms. The lowest BCUT2D eigenvalue weighted by molar-refractivity contribution is -0.119. The topological polar surface area (TPSA) is 67.7 Å². The lowest BCUT2D eigenvalue weighted by atomic mass is 10.0. The van der Waals surface area contributed by atoms with Crippen molar-refractivity contribution in [3.8, 4) is 11.1 Å². The van der Waals surface area contributed by atoms with E-state index in [2.05, 4.69) is 11.3 Å². The van der Waals surface area contributed by atoms with Gasteiger partial charge in [-0.3, -0.25) is 14.4 Å². The van der Waals surface area contributed by atoms with Crippen LogP contribution in [0.2, 0.25) is 0 Å². The monoisotopic (exact) mass is 380 g/mol. The molecule has 28 heavy (non-hydrogen) atoms. The lowest BCUT2D eigenvalue weighted by Crippen LogP contribution is -2.52. The van der Waals surface area contributed by atoms with Crippen LogP contribution in [0.15, 0.2) is 30.6 Å². The number of methoxy groups -OCH3 is 1. The summed E-state index contributed by atoms with van der Waals surface area (Å²) in [5, 5.41) is 4.48. The largest absolute Gasteiger partial charge is 0.452 e. The van der Waals surface area contributed by atoms with E-state index in [0.717, 1.165) is 35.3 Å². The second kappa shape index (κ2) is 6.36. The number of anilines is 2. The molecule has 0 unspecified atom stereocenters. The van der Waals surface area contributed by atoms with Gasteiger partial charge < -0.3 is 9.64 Å². The van der Waals surface area contributed by atoms with Crippen LogP contribution < -0.4 is 9.80 Å². The van der Waals surface area contributed by atoms with Crippen molar-refractivity contribution in [1.29, 1.82) is 0 Å². The molecule has 0 saturated heterocycles. The predicted octanol–water partition coefficient (Wildman–Crippen LogP) is 3.60. The Balaban J connectivity index is 1.57. The zero-order valence-corrected chi connectivity index (χ0v) is 16.2. The smallest absolute Gasteiger partial charge is 0.414 e. The third-order valence-electron chi connectivity index (χ3n) is 5.83. The van der Waals surface area contributed by atoms with Gasteiger partial charge in [-0.05, 0) is 50.3 Å². The number of carbonyl (C=O) groups excluding carboxylic acids is 2. The fraction of sp³-hybridized carbons (Fsp3) is 0.476. The molecule has 2 fully saturated rings. The van der Waals surface area contributed by atoms with E-state index in [1.165, 1.54) is 20.0 Å². The molecule has 2 saturated carbocycles. The summed E-state index contributed by atoms with van der Waals surface area (Å²) < 4.78 is 7.01. The summed E-state index contributed by atoms with van der Waals surface area (Å²) in [6.07, 6.45) is 7.80. The van der Waals surface area contributed by atoms with Crippen LogP contribution in [0.1, 0.15) is 38.6 Å². The zero-order valence-electron chi connectivity index (χ0n) is 16.2. The van der Waals surface area contributed by atoms with Crippen molar-refractivity contribution >= 4 is 23.4 Å². The highest BCUT2D eigenvalue weighted by Crippen LogP contribution is 2.42. The first-order valence-corrected chi connectivity index (χ1v) is 9.94. The summed E-state index contributed by atoms with van der Waals surface area (Å²) in [6, 6.07) is 6.28. The van der Waals surface area contributed by atoms with E-state index in [1.54, 1.807) is 4.90 Å². The quantitative estimate of drug-likeness (QED) is 0.816. The van der Waals surface area contributed by atoms with Crippen LogP contribution in [0.3, 0.4) is 0 Å². The molecule has 3 aliphatic rings. The molecular weight excluding hydrogens is 356 g/mol. The van der Waals surface area contributed by atoms with Crippen LogP contribution in [-0.4, -0.2) is 41.5 Å². The van der Waals surface area contributed by atoms with Gasteiger partial charge in [0.25, 0.3) is 0 Å². The molecule has 2 aliphatic carbocycles. The van der Waals surface area contributed by atoms with Gasteiger partial charge in [-0.15, -0.1) is 0 Å². The van der Waals surface area contributed by atoms with Crippen molar-refractivity contribution < 1.29 is 14.3 Å². The number of benzene rings is 1. The van der Waals surface area contributed by atoms with Crippen LogP contribution in [0.4, 0.5) is 16.2 Å². The molecule has 1 aromatic carbocycles. The Hall–Kier alpha value is -2.83. The molecule has 0 spiro atoms. The van der Waals surface area contributed by atoms with Crippen LogP contribution in [0.5, 0.6) is 0 Å². The summed E-state index contributed by atoms with van der Waals surface area (Å²) in [5.41, 5.74) is 3.52. The number of aromatic nitrogens is 2. The van der Waals surface area contributed by atoms with Gasteiger partial charge in [-0.2, -0.15) is 5.10 Å². The average molecular weight is 380 g/mol. The second-order valence-corrected chi connectivity index (χ2v) is 8.06. The van der Waals surface area contributed by atoms with Crippen LogP contribution in [-0.2, 0) is 9.53 Å². The standard InChI is InChI=1S/C21H24N4O3/c1-13-11-23(20(26)14-3-4-14)19-9-15(5-8-18(19)25(13)21(27)28-2)16-10-22-24(12-16)17-6-7-17/h5,8-10,12-14,17H,3-4,6-7,11H2,1-2H3/t13-/m0/s1. The van der Waals surface area contributed by atoms with Crippen LogP contribution in [0, 0.1) is 5.92 Å². The van der Waals surface area contributed by atoms with Gasteiger partial charge in [0.15, 0.2) is 0 Å². The van der Waals surface area contributed by atoms with E-state index >= 15 is 0 Å². The number of fused-ring (bicyclic) bond motifs is 1. The first-order chi connectivity index (χ1) is 13.6. The predicted molar refractivity (Wildman–Crippen MR) is 105 cm³/mol. The minimum absolute atomic E-state index is 0.117. The molecule has 1 aliphatic heterocycles. The SMILES string of the molecule is COC(=O)N1c2ccc(-c3cnn(C4CC4)c3)cc2N(C(=O)C2CC2)C[C@@H]1C. The Morgan fingerprint density at radius 2 is 1.89 bits per heavy atom. The van der Waals surface area contributed by atoms with Crippen LogP contribution in [0.25, 0.3) is 11.1 Å². The van der Waals surface area contributed by atoms with Gasteiger partial charge in [0.2, 0.25) is 5.91 Å². The molecule has 0 radical (unpaired) electrons. The molecule has 1 aromatic heterocycles. The van der Waals surface area contributed by atoms with Crippen molar-refractivity contribution in [2.75, 3.05) is 23.5 Å². The zero-order chi connectivity index (χ0) is 19.4. The first kappa shape index (κ1) is 17.3. The molecule has 5 rings (SSSR count). The highest BCUT2D eigenvalue weighted by Gasteiger charge is 2.40. The van der Waals surface area contributed by atoms with Gasteiger partial charge >= 0.3 is 6.09 Å². The molecule has 0 bridgehead atoms. The number of carbonyl (C=O) groups is 2. The Labute approximate surface area is 163 Å². The molecule has 146 valence electrons. The highest BCUT2D eigenvalue weighted by atomic mass is 16.5. The highest BCUT2D eigenvalue weighted by molar-refractivity contribution is 6.05. The van der Waals surface area contributed by atoms with Gasteiger partial charge in [0, 0.05) is 24.2 Å². The maximum Gasteiger partial charge on any atom is 0.414 e. The average Bonchev–Trinajstić information content (AvgIpc) is 3.64. The van der Waals surface area contributed by atoms with E-state index in [4.69, 9.17) is 4.74 Å². The van der Waals surface area contributed by atoms with E-state index in [9.17, 15) is 9.59 Å². The number of hydrogen-bond acceptors (Lipinski definition) is 4. The van der Waals surface area contributed by atoms with E-state index < -0.39 is 6.09 Å². The van der Waals surface area contributed by atoms with Gasteiger partial charge in [-0.25, -0.2) is 4.79 Å². The second-order valence-electron chi connectivity index (χ2n) is 8.06. The first-order valence-electron chi connectivity index (χ1n) is 9.94. The van der Waals surface area contributed by atoms with Gasteiger partial charge in [0.1, 0.15) is 0 Å². The maximum atomic E-state index is 12.9. The van der Waals surface area contributed by atoms with Crippen LogP contribution >= 0.6 is 0 Å². The molecular formula is C21H24N4O3. The summed E-state index contributed by atoms with van der Waals surface area (Å²) in [7, 11) is 1.39. The lowest BCUT2D eigenvalue weighted by Gasteiger charge is -2.40. The fourth-order valence-electron chi connectivity index (χ4n) is 3.97. The summed E-state index contributed by atoms with van der Waals surface area (Å²) in [5.74, 6) is 0.273. The Morgan fingerprint density at radius 3 is 2.57 bits per heavy atom. The van der Waals surface area contributed by atoms with Crippen molar-refractivity contribution in [3.63, 3.8) is 0 Å².